The van der Waals surface area contributed by atoms with Crippen LogP contribution in [-0.4, -0.2) is 106 Å². The quantitative estimate of drug-likeness (QED) is 0.0301. The first-order valence-corrected chi connectivity index (χ1v) is 25.8. The molecule has 6 aromatic rings. The number of aryl methyl sites for hydroxylation is 1. The molecule has 2 atom stereocenters. The number of Topliss-reactive ketones (excluding diaryl/α,β-unsaturated/α-hetero) is 2. The number of ether oxygens (including phenoxy) is 1. The number of benzene rings is 2. The maximum atomic E-state index is 13.8. The van der Waals surface area contributed by atoms with Crippen LogP contribution in [0.3, 0.4) is 0 Å². The van der Waals surface area contributed by atoms with E-state index in [4.69, 9.17) is 20.4 Å². The van der Waals surface area contributed by atoms with Gasteiger partial charge in [-0.15, -0.1) is 0 Å². The fraction of sp³-hybridized carbons (Fsp3) is 0.375. The normalized spacial score (nSPS) is 13.9. The van der Waals surface area contributed by atoms with Gasteiger partial charge in [0, 0.05) is 86.7 Å². The molecule has 396 valence electrons. The number of ketones is 2. The maximum Gasteiger partial charge on any atom is 0.410 e. The number of primary amides is 1. The average Bonchev–Trinajstić information content (AvgIpc) is 4.18. The molecule has 8 rings (SSSR count). The van der Waals surface area contributed by atoms with E-state index in [1.807, 2.05) is 63.4 Å². The van der Waals surface area contributed by atoms with E-state index in [0.29, 0.717) is 63.1 Å². The summed E-state index contributed by atoms with van der Waals surface area (Å²) in [5, 5.41) is 13.2. The lowest BCUT2D eigenvalue weighted by Gasteiger charge is -2.28. The number of unbranched alkanes of at least 4 members (excludes halogenated alkanes) is 2. The van der Waals surface area contributed by atoms with Crippen LogP contribution in [0.1, 0.15) is 92.6 Å². The number of nitrogens with zero attached hydrogens (tertiary/aromatic N) is 7. The summed E-state index contributed by atoms with van der Waals surface area (Å²) in [5.74, 6) is -1.56. The number of H-pyrrole nitrogens is 1. The predicted molar refractivity (Wildman–Crippen MR) is 283 cm³/mol. The minimum absolute atomic E-state index is 0.00414. The molecule has 0 bridgehead atoms. The van der Waals surface area contributed by atoms with Crippen molar-refractivity contribution in [1.82, 2.24) is 50.0 Å². The second-order valence-electron chi connectivity index (χ2n) is 19.6. The van der Waals surface area contributed by atoms with Gasteiger partial charge in [0.25, 0.3) is 11.8 Å². The molecule has 0 unspecified atom stereocenters. The Morgan fingerprint density at radius 1 is 0.882 bits per heavy atom. The number of imide groups is 1. The number of nitrogens with one attached hydrogen (secondary N) is 4. The number of rotatable bonds is 25. The van der Waals surface area contributed by atoms with Crippen molar-refractivity contribution < 1.29 is 38.3 Å². The molecule has 0 spiro atoms. The van der Waals surface area contributed by atoms with Crippen molar-refractivity contribution in [3.63, 3.8) is 0 Å². The maximum absolute atomic E-state index is 13.8. The van der Waals surface area contributed by atoms with E-state index in [9.17, 15) is 33.6 Å². The van der Waals surface area contributed by atoms with Crippen molar-refractivity contribution in [3.05, 3.63) is 131 Å². The summed E-state index contributed by atoms with van der Waals surface area (Å²) in [7, 11) is 0. The van der Waals surface area contributed by atoms with Crippen molar-refractivity contribution in [3.8, 4) is 22.6 Å². The number of pyridine rings is 2. The Kier molecular flexibility index (Phi) is 17.8. The molecule has 0 fully saturated rings. The van der Waals surface area contributed by atoms with Crippen LogP contribution in [0.25, 0.3) is 28.3 Å². The first-order chi connectivity index (χ1) is 36.7. The topological polar surface area (TPSA) is 269 Å². The number of amides is 6. The first kappa shape index (κ1) is 53.7. The SMILES string of the molecule is Cc1cccc(-c2[nH]c(CNc3ccc4c(c3)CN(C(=O)OCc3ccc(CC(=O)[C@H](CCCNC(N)=O)NC(=O)[C@@H](CC(=O)CCCCCN5C(=O)C=CC5=O)C(C)C)cc3)CC4)nc2-c2ccc3ncnn3c2)n1. The number of carbonyl (C=O) groups excluding carboxylic acids is 7. The number of urea groups is 1. The van der Waals surface area contributed by atoms with Gasteiger partial charge in [-0.1, -0.05) is 56.7 Å². The predicted octanol–water partition coefficient (Wildman–Crippen LogP) is 6.56. The molecule has 2 aromatic carbocycles. The van der Waals surface area contributed by atoms with Crippen molar-refractivity contribution in [2.75, 3.05) is 25.0 Å². The third-order valence-corrected chi connectivity index (χ3v) is 13.6. The Balaban J connectivity index is 0.818. The molecule has 0 radical (unpaired) electrons. The highest BCUT2D eigenvalue weighted by atomic mass is 16.6. The zero-order chi connectivity index (χ0) is 53.7. The van der Waals surface area contributed by atoms with E-state index < -0.39 is 30.0 Å². The molecular formula is C56H64N12O8. The number of nitrogens with two attached hydrogens (primary N) is 1. The highest BCUT2D eigenvalue weighted by Crippen LogP contribution is 2.31. The summed E-state index contributed by atoms with van der Waals surface area (Å²) in [6.45, 7) is 7.45. The number of hydrogen-bond acceptors (Lipinski definition) is 13. The summed E-state index contributed by atoms with van der Waals surface area (Å²) in [6, 6.07) is 21.5. The Hall–Kier alpha value is -8.55. The van der Waals surface area contributed by atoms with E-state index in [2.05, 4.69) is 43.1 Å². The molecule has 6 N–H and O–H groups in total. The molecule has 2 aliphatic heterocycles. The van der Waals surface area contributed by atoms with Crippen LogP contribution in [0.2, 0.25) is 0 Å². The highest BCUT2D eigenvalue weighted by Gasteiger charge is 2.30. The molecular weight excluding hydrogens is 969 g/mol. The van der Waals surface area contributed by atoms with Crippen LogP contribution in [0.15, 0.2) is 97.5 Å². The van der Waals surface area contributed by atoms with Crippen molar-refractivity contribution in [1.29, 1.82) is 0 Å². The third-order valence-electron chi connectivity index (χ3n) is 13.6. The van der Waals surface area contributed by atoms with Crippen LogP contribution >= 0.6 is 0 Å². The summed E-state index contributed by atoms with van der Waals surface area (Å²) in [4.78, 5) is 109. The molecule has 0 saturated carbocycles. The Morgan fingerprint density at radius 2 is 1.67 bits per heavy atom. The van der Waals surface area contributed by atoms with E-state index in [1.165, 1.54) is 23.4 Å². The second kappa shape index (κ2) is 25.1. The standard InChI is InChI=1S/C56H64N12O8/c1-35(2)44(29-43(69)10-5-4-6-25-67-50(71)21-22-51(67)72)54(73)63-45(12-8-24-58-55(57)74)47(70)27-37-13-15-38(16-14-37)33-76-56(75)66-26-23-39-17-19-42(28-41(39)31-66)59-30-48-64-52(40-18-20-49-60-34-61-68(49)32-40)53(65-48)46-11-7-9-36(3)62-46/h7,9,11,13-22,28,32,34-35,44-45,59H,4-6,8,10,12,23-27,29-31,33H2,1-3H3,(H,63,73)(H,64,65)(H3,57,58,74)/t44-,45-/m0/s1. The fourth-order valence-electron chi connectivity index (χ4n) is 9.37. The van der Waals surface area contributed by atoms with Gasteiger partial charge in [0.2, 0.25) is 5.91 Å². The smallest absolute Gasteiger partial charge is 0.410 e. The van der Waals surface area contributed by atoms with E-state index in [-0.39, 0.29) is 74.7 Å². The Morgan fingerprint density at radius 3 is 2.43 bits per heavy atom. The first-order valence-electron chi connectivity index (χ1n) is 25.8. The number of carbonyl (C=O) groups is 7. The van der Waals surface area contributed by atoms with Gasteiger partial charge in [0.05, 0.1) is 29.7 Å². The van der Waals surface area contributed by atoms with Crippen LogP contribution in [0.5, 0.6) is 0 Å². The number of imidazole rings is 1. The number of aromatic amines is 1. The summed E-state index contributed by atoms with van der Waals surface area (Å²) < 4.78 is 7.49. The molecule has 20 nitrogen and oxygen atoms in total. The molecule has 2 aliphatic rings. The molecule has 6 heterocycles. The molecule has 4 aromatic heterocycles. The third kappa shape index (κ3) is 14.2. The van der Waals surface area contributed by atoms with Gasteiger partial charge < -0.3 is 36.3 Å². The zero-order valence-corrected chi connectivity index (χ0v) is 43.1. The van der Waals surface area contributed by atoms with Gasteiger partial charge in [-0.25, -0.2) is 24.1 Å². The Bertz CT molecular complexity index is 3110. The number of aromatic nitrogens is 6. The van der Waals surface area contributed by atoms with E-state index in [0.717, 1.165) is 56.4 Å². The van der Waals surface area contributed by atoms with Crippen LogP contribution in [-0.2, 0) is 61.2 Å². The molecule has 6 amide bonds. The Labute approximate surface area is 440 Å². The average molecular weight is 1030 g/mol. The monoisotopic (exact) mass is 1030 g/mol. The minimum atomic E-state index is -0.890. The lowest BCUT2D eigenvalue weighted by molar-refractivity contribution is -0.137. The highest BCUT2D eigenvalue weighted by molar-refractivity contribution is 6.12. The minimum Gasteiger partial charge on any atom is -0.445 e. The molecule has 76 heavy (non-hydrogen) atoms. The van der Waals surface area contributed by atoms with Gasteiger partial charge in [-0.2, -0.15) is 5.10 Å². The van der Waals surface area contributed by atoms with Crippen LogP contribution < -0.4 is 21.7 Å². The van der Waals surface area contributed by atoms with Crippen LogP contribution in [0.4, 0.5) is 15.3 Å². The molecule has 0 aliphatic carbocycles. The van der Waals surface area contributed by atoms with Crippen molar-refractivity contribution in [2.45, 2.75) is 104 Å². The van der Waals surface area contributed by atoms with Gasteiger partial charge >= 0.3 is 12.1 Å². The van der Waals surface area contributed by atoms with Gasteiger partial charge in [-0.05, 0) is 104 Å². The van der Waals surface area contributed by atoms with Crippen molar-refractivity contribution >= 4 is 52.7 Å². The lowest BCUT2D eigenvalue weighted by Crippen LogP contribution is -2.46. The van der Waals surface area contributed by atoms with Gasteiger partial charge in [0.1, 0.15) is 24.5 Å². The van der Waals surface area contributed by atoms with Gasteiger partial charge in [-0.3, -0.25) is 33.9 Å². The van der Waals surface area contributed by atoms with E-state index >= 15 is 0 Å². The van der Waals surface area contributed by atoms with E-state index in [1.54, 1.807) is 33.7 Å². The summed E-state index contributed by atoms with van der Waals surface area (Å²) >= 11 is 0. The molecule has 20 heteroatoms. The largest absolute Gasteiger partial charge is 0.445 e. The van der Waals surface area contributed by atoms with Crippen LogP contribution in [0, 0.1) is 18.8 Å². The second-order valence-corrected chi connectivity index (χ2v) is 19.6. The van der Waals surface area contributed by atoms with Gasteiger partial charge in [0.15, 0.2) is 11.4 Å². The van der Waals surface area contributed by atoms with Crippen molar-refractivity contribution in [2.24, 2.45) is 17.6 Å². The molecule has 0 saturated heterocycles. The fourth-order valence-corrected chi connectivity index (χ4v) is 9.37. The summed E-state index contributed by atoms with van der Waals surface area (Å²) in [6.07, 6.45) is 8.74. The lowest BCUT2D eigenvalue weighted by atomic mass is 9.88. The number of fused-ring (bicyclic) bond motifs is 2. The number of hydrogen-bond donors (Lipinski definition) is 5. The zero-order valence-electron chi connectivity index (χ0n) is 43.1. The number of anilines is 1. The summed E-state index contributed by atoms with van der Waals surface area (Å²) in [5.41, 5.74) is 14.5.